The molecule has 2 aromatic rings. The maximum Gasteiger partial charge on any atom is 0.144 e. The van der Waals surface area contributed by atoms with E-state index in [2.05, 4.69) is 49.4 Å². The molecule has 2 N–H and O–H groups in total. The average molecular weight is 356 g/mol. The van der Waals surface area contributed by atoms with Crippen LogP contribution in [0.25, 0.3) is 10.8 Å². The van der Waals surface area contributed by atoms with Gasteiger partial charge >= 0.3 is 0 Å². The Bertz CT molecular complexity index is 780. The van der Waals surface area contributed by atoms with Crippen molar-refractivity contribution in [3.63, 3.8) is 0 Å². The molecule has 0 spiro atoms. The van der Waals surface area contributed by atoms with Crippen LogP contribution < -0.4 is 10.1 Å². The number of β-amino-alcohol motifs (C(OH)–C–C–N with tert-alkyl or cyclic N) is 1. The molecule has 1 atom stereocenters. The summed E-state index contributed by atoms with van der Waals surface area (Å²) in [5.74, 6) is 0.873. The number of hydrogen-bond donors (Lipinski definition) is 2. The molecule has 3 rings (SSSR count). The van der Waals surface area contributed by atoms with E-state index in [0.29, 0.717) is 13.2 Å². The van der Waals surface area contributed by atoms with E-state index in [1.54, 1.807) is 0 Å². The molecule has 26 heavy (non-hydrogen) atoms. The van der Waals surface area contributed by atoms with Gasteiger partial charge in [-0.1, -0.05) is 35.5 Å². The van der Waals surface area contributed by atoms with Crippen LogP contribution in [-0.2, 0) is 4.84 Å². The lowest BCUT2D eigenvalue weighted by Gasteiger charge is -2.22. The van der Waals surface area contributed by atoms with Gasteiger partial charge in [-0.25, -0.2) is 0 Å². The number of nitrogens with one attached hydrogen (secondary N) is 1. The van der Waals surface area contributed by atoms with Gasteiger partial charge in [0, 0.05) is 23.0 Å². The van der Waals surface area contributed by atoms with E-state index in [0.717, 1.165) is 40.6 Å². The summed E-state index contributed by atoms with van der Waals surface area (Å²) in [5.41, 5.74) is 1.81. The van der Waals surface area contributed by atoms with Gasteiger partial charge in [0.15, 0.2) is 0 Å². The summed E-state index contributed by atoms with van der Waals surface area (Å²) < 4.78 is 6.00. The van der Waals surface area contributed by atoms with E-state index in [1.165, 1.54) is 0 Å². The fourth-order valence-corrected chi connectivity index (χ4v) is 2.95. The zero-order chi connectivity index (χ0) is 18.6. The fourth-order valence-electron chi connectivity index (χ4n) is 2.95. The average Bonchev–Trinajstić information content (AvgIpc) is 2.82. The lowest BCUT2D eigenvalue weighted by atomic mass is 10.0. The molecule has 1 aliphatic heterocycles. The number of fused-ring (bicyclic) bond motifs is 3. The smallest absolute Gasteiger partial charge is 0.144 e. The molecular weight excluding hydrogens is 328 g/mol. The van der Waals surface area contributed by atoms with Gasteiger partial charge in [-0.2, -0.15) is 0 Å². The summed E-state index contributed by atoms with van der Waals surface area (Å²) in [7, 11) is 0. The first-order chi connectivity index (χ1) is 12.4. The molecule has 0 saturated heterocycles. The lowest BCUT2D eigenvalue weighted by Crippen LogP contribution is -2.42. The highest BCUT2D eigenvalue weighted by Crippen LogP contribution is 2.33. The van der Waals surface area contributed by atoms with E-state index in [-0.39, 0.29) is 12.1 Å². The van der Waals surface area contributed by atoms with Crippen LogP contribution in [0.3, 0.4) is 0 Å². The van der Waals surface area contributed by atoms with Gasteiger partial charge in [0.25, 0.3) is 0 Å². The Morgan fingerprint density at radius 3 is 2.85 bits per heavy atom. The molecule has 0 aliphatic carbocycles. The van der Waals surface area contributed by atoms with Crippen molar-refractivity contribution in [3.05, 3.63) is 42.0 Å². The van der Waals surface area contributed by atoms with E-state index in [1.807, 2.05) is 18.2 Å². The van der Waals surface area contributed by atoms with Gasteiger partial charge < -0.3 is 20.0 Å². The number of benzene rings is 2. The van der Waals surface area contributed by atoms with Crippen LogP contribution in [0.4, 0.5) is 0 Å². The molecule has 1 heterocycles. The summed E-state index contributed by atoms with van der Waals surface area (Å²) >= 11 is 0. The highest BCUT2D eigenvalue weighted by Gasteiger charge is 2.19. The van der Waals surface area contributed by atoms with Crippen LogP contribution in [0.1, 0.15) is 39.2 Å². The summed E-state index contributed by atoms with van der Waals surface area (Å²) in [6.45, 7) is 7.49. The minimum atomic E-state index is -0.600. The zero-order valence-electron chi connectivity index (χ0n) is 15.8. The quantitative estimate of drug-likeness (QED) is 0.805. The molecule has 5 heteroatoms. The molecule has 0 fully saturated rings. The van der Waals surface area contributed by atoms with Crippen molar-refractivity contribution >= 4 is 16.5 Å². The predicted molar refractivity (Wildman–Crippen MR) is 105 cm³/mol. The standard InChI is InChI=1S/C21H28N2O3/c1-21(2,3)22-13-16(24)14-26-23-19-9-6-12-25-20-17-8-5-4-7-15(17)10-11-18(19)20/h4-5,7-8,10-11,16,22,24H,6,9,12-14H2,1-3H3/b23-19+. The Morgan fingerprint density at radius 2 is 2.04 bits per heavy atom. The maximum absolute atomic E-state index is 10.1. The van der Waals surface area contributed by atoms with Crippen LogP contribution in [0, 0.1) is 0 Å². The van der Waals surface area contributed by atoms with Crippen LogP contribution in [0.5, 0.6) is 5.75 Å². The predicted octanol–water partition coefficient (Wildman–Crippen LogP) is 3.48. The van der Waals surface area contributed by atoms with Crippen molar-refractivity contribution in [3.8, 4) is 5.75 Å². The van der Waals surface area contributed by atoms with E-state index in [4.69, 9.17) is 9.57 Å². The number of aliphatic hydroxyl groups is 1. The van der Waals surface area contributed by atoms with Crippen molar-refractivity contribution in [1.82, 2.24) is 5.32 Å². The highest BCUT2D eigenvalue weighted by molar-refractivity contribution is 6.07. The molecule has 0 amide bonds. The largest absolute Gasteiger partial charge is 0.492 e. The third kappa shape index (κ3) is 4.74. The van der Waals surface area contributed by atoms with Crippen LogP contribution in [-0.4, -0.2) is 42.2 Å². The molecule has 0 aromatic heterocycles. The monoisotopic (exact) mass is 356 g/mol. The van der Waals surface area contributed by atoms with Crippen molar-refractivity contribution in [2.45, 2.75) is 45.3 Å². The second-order valence-corrected chi connectivity index (χ2v) is 7.73. The number of ether oxygens (including phenoxy) is 1. The number of oxime groups is 1. The van der Waals surface area contributed by atoms with Crippen molar-refractivity contribution < 1.29 is 14.7 Å². The van der Waals surface area contributed by atoms with Crippen molar-refractivity contribution in [2.75, 3.05) is 19.8 Å². The first-order valence-electron chi connectivity index (χ1n) is 9.21. The third-order valence-corrected chi connectivity index (χ3v) is 4.30. The van der Waals surface area contributed by atoms with Crippen LogP contribution in [0.2, 0.25) is 0 Å². The summed E-state index contributed by atoms with van der Waals surface area (Å²) in [6, 6.07) is 12.3. The number of nitrogens with zero attached hydrogens (tertiary/aromatic N) is 1. The number of hydrogen-bond acceptors (Lipinski definition) is 5. The third-order valence-electron chi connectivity index (χ3n) is 4.30. The molecular formula is C21H28N2O3. The Morgan fingerprint density at radius 1 is 1.23 bits per heavy atom. The summed E-state index contributed by atoms with van der Waals surface area (Å²) in [4.78, 5) is 5.47. The molecule has 140 valence electrons. The lowest BCUT2D eigenvalue weighted by molar-refractivity contribution is 0.0371. The Kier molecular flexibility index (Phi) is 5.79. The van der Waals surface area contributed by atoms with Gasteiger partial charge in [0.2, 0.25) is 0 Å². The SMILES string of the molecule is CC(C)(C)NCC(O)CO/N=C1\CCCOc2c1ccc1ccccc21. The van der Waals surface area contributed by atoms with Crippen molar-refractivity contribution in [1.29, 1.82) is 0 Å². The van der Waals surface area contributed by atoms with Gasteiger partial charge in [0.1, 0.15) is 18.5 Å². The molecule has 5 nitrogen and oxygen atoms in total. The Labute approximate surface area is 155 Å². The minimum Gasteiger partial charge on any atom is -0.492 e. The topological polar surface area (TPSA) is 63.1 Å². The van der Waals surface area contributed by atoms with Gasteiger partial charge in [-0.05, 0) is 45.1 Å². The molecule has 1 aliphatic rings. The Balaban J connectivity index is 1.73. The fraction of sp³-hybridized carbons (Fsp3) is 0.476. The normalized spacial score (nSPS) is 17.5. The summed E-state index contributed by atoms with van der Waals surface area (Å²) in [6.07, 6.45) is 1.08. The van der Waals surface area contributed by atoms with Gasteiger partial charge in [-0.15, -0.1) is 0 Å². The number of rotatable bonds is 5. The van der Waals surface area contributed by atoms with Gasteiger partial charge in [-0.3, -0.25) is 0 Å². The molecule has 0 saturated carbocycles. The zero-order valence-corrected chi connectivity index (χ0v) is 15.8. The van der Waals surface area contributed by atoms with E-state index >= 15 is 0 Å². The molecule has 0 radical (unpaired) electrons. The number of aliphatic hydroxyl groups excluding tert-OH is 1. The van der Waals surface area contributed by atoms with Crippen LogP contribution >= 0.6 is 0 Å². The molecule has 2 aromatic carbocycles. The second-order valence-electron chi connectivity index (χ2n) is 7.73. The van der Waals surface area contributed by atoms with Crippen LogP contribution in [0.15, 0.2) is 41.6 Å². The van der Waals surface area contributed by atoms with E-state index in [9.17, 15) is 5.11 Å². The Hall–Kier alpha value is -2.11. The molecule has 0 bridgehead atoms. The first kappa shape index (κ1) is 18.7. The molecule has 1 unspecified atom stereocenters. The maximum atomic E-state index is 10.1. The first-order valence-corrected chi connectivity index (χ1v) is 9.21. The highest BCUT2D eigenvalue weighted by atomic mass is 16.6. The van der Waals surface area contributed by atoms with E-state index < -0.39 is 6.10 Å². The van der Waals surface area contributed by atoms with Gasteiger partial charge in [0.05, 0.1) is 12.3 Å². The minimum absolute atomic E-state index is 0.0362. The second kappa shape index (κ2) is 8.06. The van der Waals surface area contributed by atoms with Crippen molar-refractivity contribution in [2.24, 2.45) is 5.16 Å². The summed E-state index contributed by atoms with van der Waals surface area (Å²) in [5, 5.41) is 19.9.